The van der Waals surface area contributed by atoms with E-state index in [1.165, 1.54) is 0 Å². The molecule has 1 heterocycles. The molecule has 2 fully saturated rings. The first kappa shape index (κ1) is 19.3. The summed E-state index contributed by atoms with van der Waals surface area (Å²) in [6, 6.07) is 6.91. The molecule has 0 radical (unpaired) electrons. The van der Waals surface area contributed by atoms with Crippen molar-refractivity contribution in [3.63, 3.8) is 0 Å². The van der Waals surface area contributed by atoms with E-state index in [9.17, 15) is 13.2 Å². The molecule has 1 saturated carbocycles. The van der Waals surface area contributed by atoms with Crippen LogP contribution >= 0.6 is 0 Å². The molecule has 1 amide bonds. The molecule has 1 saturated heterocycles. The van der Waals surface area contributed by atoms with Gasteiger partial charge in [-0.15, -0.1) is 0 Å². The third kappa shape index (κ3) is 4.27. The van der Waals surface area contributed by atoms with E-state index in [2.05, 4.69) is 5.32 Å². The number of rotatable bonds is 8. The van der Waals surface area contributed by atoms with E-state index in [-0.39, 0.29) is 11.4 Å². The van der Waals surface area contributed by atoms with Crippen LogP contribution in [0.1, 0.15) is 44.6 Å². The van der Waals surface area contributed by atoms with Crippen LogP contribution in [0.2, 0.25) is 0 Å². The molecular formula is C19H29N3O3S. The third-order valence-electron chi connectivity index (χ3n) is 5.59. The second-order valence-corrected chi connectivity index (χ2v) is 9.64. The Hall–Kier alpha value is -1.44. The van der Waals surface area contributed by atoms with Crippen LogP contribution in [0.5, 0.6) is 0 Å². The zero-order valence-electron chi connectivity index (χ0n) is 15.4. The summed E-state index contributed by atoms with van der Waals surface area (Å²) in [4.78, 5) is 12.6. The highest BCUT2D eigenvalue weighted by atomic mass is 32.2. The van der Waals surface area contributed by atoms with E-state index in [1.54, 1.807) is 28.6 Å². The van der Waals surface area contributed by atoms with Crippen LogP contribution in [-0.4, -0.2) is 43.8 Å². The number of hydrogen-bond acceptors (Lipinski definition) is 4. The number of carbonyl (C=O) groups excluding carboxylic acids is 1. The lowest BCUT2D eigenvalue weighted by Crippen LogP contribution is -2.53. The average molecular weight is 380 g/mol. The van der Waals surface area contributed by atoms with Gasteiger partial charge in [-0.05, 0) is 62.6 Å². The zero-order valence-corrected chi connectivity index (χ0v) is 16.2. The van der Waals surface area contributed by atoms with Gasteiger partial charge in [0.1, 0.15) is 0 Å². The van der Waals surface area contributed by atoms with Gasteiger partial charge in [0.05, 0.1) is 10.4 Å². The molecule has 3 rings (SSSR count). The fourth-order valence-corrected chi connectivity index (χ4v) is 5.10. The quantitative estimate of drug-likeness (QED) is 0.718. The molecule has 3 N–H and O–H groups in total. The van der Waals surface area contributed by atoms with Crippen molar-refractivity contribution in [3.8, 4) is 0 Å². The summed E-state index contributed by atoms with van der Waals surface area (Å²) in [5.41, 5.74) is 6.50. The maximum Gasteiger partial charge on any atom is 0.243 e. The van der Waals surface area contributed by atoms with E-state index in [0.717, 1.165) is 31.2 Å². The fourth-order valence-electron chi connectivity index (χ4n) is 3.58. The SMILES string of the molecule is CC(CN)(NC(=O)CCc1ccc(S(=O)(=O)N2CCCC2)cc1)C1CC1. The van der Waals surface area contributed by atoms with Crippen molar-refractivity contribution >= 4 is 15.9 Å². The Morgan fingerprint density at radius 2 is 1.85 bits per heavy atom. The highest BCUT2D eigenvalue weighted by Gasteiger charge is 2.41. The van der Waals surface area contributed by atoms with E-state index in [0.29, 0.717) is 43.3 Å². The number of sulfonamides is 1. The predicted molar refractivity (Wildman–Crippen MR) is 101 cm³/mol. The molecule has 7 heteroatoms. The van der Waals surface area contributed by atoms with Crippen LogP contribution in [0.4, 0.5) is 0 Å². The predicted octanol–water partition coefficient (Wildman–Crippen LogP) is 1.65. The summed E-state index contributed by atoms with van der Waals surface area (Å²) >= 11 is 0. The number of nitrogens with zero attached hydrogens (tertiary/aromatic N) is 1. The van der Waals surface area contributed by atoms with E-state index < -0.39 is 10.0 Å². The highest BCUT2D eigenvalue weighted by Crippen LogP contribution is 2.39. The lowest BCUT2D eigenvalue weighted by molar-refractivity contribution is -0.123. The lowest BCUT2D eigenvalue weighted by Gasteiger charge is -2.29. The number of nitrogens with one attached hydrogen (secondary N) is 1. The van der Waals surface area contributed by atoms with Gasteiger partial charge in [-0.25, -0.2) is 8.42 Å². The molecule has 1 aliphatic carbocycles. The summed E-state index contributed by atoms with van der Waals surface area (Å²) in [5, 5.41) is 3.08. The summed E-state index contributed by atoms with van der Waals surface area (Å²) in [5.74, 6) is 0.491. The van der Waals surface area contributed by atoms with Crippen LogP contribution < -0.4 is 11.1 Å². The Balaban J connectivity index is 1.55. The number of nitrogens with two attached hydrogens (primary N) is 1. The number of hydrogen-bond donors (Lipinski definition) is 2. The van der Waals surface area contributed by atoms with Gasteiger partial charge in [0, 0.05) is 26.1 Å². The van der Waals surface area contributed by atoms with Gasteiger partial charge in [0.2, 0.25) is 15.9 Å². The van der Waals surface area contributed by atoms with E-state index >= 15 is 0 Å². The van der Waals surface area contributed by atoms with E-state index in [1.807, 2.05) is 6.92 Å². The maximum absolute atomic E-state index is 12.5. The molecule has 144 valence electrons. The molecule has 1 unspecified atom stereocenters. The van der Waals surface area contributed by atoms with Crippen LogP contribution in [0.3, 0.4) is 0 Å². The first-order chi connectivity index (χ1) is 12.3. The maximum atomic E-state index is 12.5. The highest BCUT2D eigenvalue weighted by molar-refractivity contribution is 7.89. The van der Waals surface area contributed by atoms with Gasteiger partial charge >= 0.3 is 0 Å². The fraction of sp³-hybridized carbons (Fsp3) is 0.632. The number of aryl methyl sites for hydroxylation is 1. The standard InChI is InChI=1S/C19H29N3O3S/c1-19(14-20,16-7-8-16)21-18(23)11-6-15-4-9-17(10-5-15)26(24,25)22-12-2-3-13-22/h4-5,9-10,16H,2-3,6-8,11-14,20H2,1H3,(H,21,23). The van der Waals surface area contributed by atoms with Crippen LogP contribution in [0, 0.1) is 5.92 Å². The molecule has 2 aliphatic rings. The van der Waals surface area contributed by atoms with Crippen molar-refractivity contribution in [2.45, 2.75) is 55.9 Å². The molecule has 1 aromatic carbocycles. The monoisotopic (exact) mass is 379 g/mol. The Morgan fingerprint density at radius 3 is 2.38 bits per heavy atom. The largest absolute Gasteiger partial charge is 0.349 e. The minimum absolute atomic E-state index is 0.00128. The Bertz CT molecular complexity index is 738. The van der Waals surface area contributed by atoms with Crippen LogP contribution in [0.25, 0.3) is 0 Å². The average Bonchev–Trinajstić information content (AvgIpc) is 3.35. The molecule has 0 bridgehead atoms. The van der Waals surface area contributed by atoms with Gasteiger partial charge in [0.15, 0.2) is 0 Å². The smallest absolute Gasteiger partial charge is 0.243 e. The van der Waals surface area contributed by atoms with Crippen LogP contribution in [0.15, 0.2) is 29.2 Å². The Morgan fingerprint density at radius 1 is 1.23 bits per heavy atom. The van der Waals surface area contributed by atoms with Crippen molar-refractivity contribution in [1.82, 2.24) is 9.62 Å². The Labute approximate surface area is 156 Å². The number of carbonyl (C=O) groups is 1. The van der Waals surface area contributed by atoms with Gasteiger partial charge in [0.25, 0.3) is 0 Å². The zero-order chi connectivity index (χ0) is 18.8. The van der Waals surface area contributed by atoms with E-state index in [4.69, 9.17) is 5.73 Å². The minimum atomic E-state index is -3.38. The molecule has 0 spiro atoms. The summed E-state index contributed by atoms with van der Waals surface area (Å²) in [6.45, 7) is 3.67. The summed E-state index contributed by atoms with van der Waals surface area (Å²) in [7, 11) is -3.38. The molecule has 1 aromatic rings. The van der Waals surface area contributed by atoms with Crippen molar-refractivity contribution in [2.24, 2.45) is 11.7 Å². The molecule has 1 aliphatic heterocycles. The van der Waals surface area contributed by atoms with Gasteiger partial charge < -0.3 is 11.1 Å². The number of amides is 1. The van der Waals surface area contributed by atoms with Gasteiger partial charge in [-0.3, -0.25) is 4.79 Å². The summed E-state index contributed by atoms with van der Waals surface area (Å²) < 4.78 is 26.6. The second kappa shape index (κ2) is 7.66. The molecule has 1 atom stereocenters. The molecular weight excluding hydrogens is 350 g/mol. The number of benzene rings is 1. The Kier molecular flexibility index (Phi) is 5.69. The minimum Gasteiger partial charge on any atom is -0.349 e. The van der Waals surface area contributed by atoms with Crippen molar-refractivity contribution in [1.29, 1.82) is 0 Å². The van der Waals surface area contributed by atoms with Crippen molar-refractivity contribution < 1.29 is 13.2 Å². The second-order valence-electron chi connectivity index (χ2n) is 7.70. The van der Waals surface area contributed by atoms with Crippen molar-refractivity contribution in [3.05, 3.63) is 29.8 Å². The van der Waals surface area contributed by atoms with Gasteiger partial charge in [-0.1, -0.05) is 12.1 Å². The van der Waals surface area contributed by atoms with Crippen molar-refractivity contribution in [2.75, 3.05) is 19.6 Å². The molecule has 6 nitrogen and oxygen atoms in total. The first-order valence-electron chi connectivity index (χ1n) is 9.45. The van der Waals surface area contributed by atoms with Crippen LogP contribution in [-0.2, 0) is 21.2 Å². The topological polar surface area (TPSA) is 92.5 Å². The molecule has 0 aromatic heterocycles. The summed E-state index contributed by atoms with van der Waals surface area (Å²) in [6.07, 6.45) is 5.06. The molecule has 26 heavy (non-hydrogen) atoms. The first-order valence-corrected chi connectivity index (χ1v) is 10.9. The lowest BCUT2D eigenvalue weighted by atomic mass is 9.95. The van der Waals surface area contributed by atoms with Gasteiger partial charge in [-0.2, -0.15) is 4.31 Å². The third-order valence-corrected chi connectivity index (χ3v) is 7.51. The normalized spacial score (nSPS) is 20.7.